The Labute approximate surface area is 183 Å². The lowest BCUT2D eigenvalue weighted by Crippen LogP contribution is -2.31. The number of hydrogen-bond acceptors (Lipinski definition) is 3. The molecular weight excluding hydrogens is 500 g/mol. The van der Waals surface area contributed by atoms with Gasteiger partial charge in [-0.05, 0) is 42.3 Å². The van der Waals surface area contributed by atoms with E-state index in [0.717, 1.165) is 5.56 Å². The van der Waals surface area contributed by atoms with Crippen molar-refractivity contribution >= 4 is 35.8 Å². The van der Waals surface area contributed by atoms with Gasteiger partial charge in [0.05, 0.1) is 6.54 Å². The Morgan fingerprint density at radius 2 is 1.62 bits per heavy atom. The van der Waals surface area contributed by atoms with Crippen LogP contribution in [0.2, 0.25) is 0 Å². The second-order valence-electron chi connectivity index (χ2n) is 5.80. The van der Waals surface area contributed by atoms with Crippen molar-refractivity contribution in [1.82, 2.24) is 10.6 Å². The topological polar surface area (TPSA) is 88.7 Å². The van der Waals surface area contributed by atoms with Gasteiger partial charge in [0.1, 0.15) is 5.75 Å². The lowest BCUT2D eigenvalue weighted by Gasteiger charge is -2.09. The number of nitrogens with zero attached hydrogens (tertiary/aromatic N) is 1. The van der Waals surface area contributed by atoms with Crippen LogP contribution < -0.4 is 21.1 Å². The highest BCUT2D eigenvalue weighted by molar-refractivity contribution is 14.0. The summed E-state index contributed by atoms with van der Waals surface area (Å²) < 4.78 is 40.2. The predicted octanol–water partition coefficient (Wildman–Crippen LogP) is 3.56. The van der Waals surface area contributed by atoms with Gasteiger partial charge in [-0.1, -0.05) is 24.3 Å². The standard InChI is InChI=1S/C19H21F3N4O2.HI/c1-2-24-17(27)15-7-3-13(4-8-15)11-25-18(23)26-12-14-5-9-16(10-6-14)28-19(20,21)22;/h3-10H,2,11-12H2,1H3,(H,24,27)(H3,23,25,26);1H. The van der Waals surface area contributed by atoms with Crippen LogP contribution in [0.25, 0.3) is 0 Å². The first kappa shape index (κ1) is 24.5. The molecule has 2 aromatic carbocycles. The molecular formula is C19H22F3IN4O2. The summed E-state index contributed by atoms with van der Waals surface area (Å²) in [5.41, 5.74) is 7.98. The minimum absolute atomic E-state index is 0. The zero-order chi connectivity index (χ0) is 20.6. The lowest BCUT2D eigenvalue weighted by molar-refractivity contribution is -0.274. The predicted molar refractivity (Wildman–Crippen MR) is 115 cm³/mol. The number of guanidine groups is 1. The van der Waals surface area contributed by atoms with E-state index in [1.54, 1.807) is 12.1 Å². The number of carbonyl (C=O) groups is 1. The van der Waals surface area contributed by atoms with Gasteiger partial charge >= 0.3 is 6.36 Å². The number of halogens is 4. The molecule has 0 radical (unpaired) electrons. The van der Waals surface area contributed by atoms with Crippen LogP contribution >= 0.6 is 24.0 Å². The van der Waals surface area contributed by atoms with E-state index in [4.69, 9.17) is 5.73 Å². The van der Waals surface area contributed by atoms with Gasteiger partial charge in [0.15, 0.2) is 5.96 Å². The molecule has 0 aliphatic carbocycles. The fourth-order valence-corrected chi connectivity index (χ4v) is 2.26. The van der Waals surface area contributed by atoms with Gasteiger partial charge in [-0.25, -0.2) is 4.99 Å². The van der Waals surface area contributed by atoms with E-state index in [1.807, 2.05) is 19.1 Å². The summed E-state index contributed by atoms with van der Waals surface area (Å²) in [7, 11) is 0. The molecule has 0 heterocycles. The van der Waals surface area contributed by atoms with Gasteiger partial charge in [-0.3, -0.25) is 4.79 Å². The number of alkyl halides is 3. The third-order valence-electron chi connectivity index (χ3n) is 3.62. The van der Waals surface area contributed by atoms with E-state index in [9.17, 15) is 18.0 Å². The second-order valence-corrected chi connectivity index (χ2v) is 5.80. The molecule has 10 heteroatoms. The average molecular weight is 522 g/mol. The van der Waals surface area contributed by atoms with Crippen LogP contribution in [0.4, 0.5) is 13.2 Å². The summed E-state index contributed by atoms with van der Waals surface area (Å²) in [5.74, 6) is -0.222. The Morgan fingerprint density at radius 3 is 2.17 bits per heavy atom. The Bertz CT molecular complexity index is 810. The van der Waals surface area contributed by atoms with E-state index in [0.29, 0.717) is 24.2 Å². The zero-order valence-corrected chi connectivity index (χ0v) is 18.0. The molecule has 0 aliphatic rings. The first-order chi connectivity index (χ1) is 13.3. The van der Waals surface area contributed by atoms with Gasteiger partial charge in [-0.15, -0.1) is 37.1 Å². The highest BCUT2D eigenvalue weighted by atomic mass is 127. The summed E-state index contributed by atoms with van der Waals surface area (Å²) >= 11 is 0. The fourth-order valence-electron chi connectivity index (χ4n) is 2.26. The summed E-state index contributed by atoms with van der Waals surface area (Å²) in [5, 5.41) is 5.66. The maximum absolute atomic E-state index is 12.1. The summed E-state index contributed by atoms with van der Waals surface area (Å²) in [6.45, 7) is 3.04. The minimum Gasteiger partial charge on any atom is -0.406 e. The number of hydrogen-bond donors (Lipinski definition) is 3. The average Bonchev–Trinajstić information content (AvgIpc) is 2.65. The quantitative estimate of drug-likeness (QED) is 0.295. The van der Waals surface area contributed by atoms with Crippen molar-refractivity contribution in [2.45, 2.75) is 26.4 Å². The number of ether oxygens (including phenoxy) is 1. The van der Waals surface area contributed by atoms with Crippen molar-refractivity contribution in [2.75, 3.05) is 6.54 Å². The van der Waals surface area contributed by atoms with Crippen LogP contribution in [-0.2, 0) is 13.1 Å². The van der Waals surface area contributed by atoms with Crippen molar-refractivity contribution in [2.24, 2.45) is 10.7 Å². The Hall–Kier alpha value is -2.50. The molecule has 0 aliphatic heterocycles. The molecule has 1 amide bonds. The molecule has 2 aromatic rings. The molecule has 2 rings (SSSR count). The molecule has 0 saturated heterocycles. The van der Waals surface area contributed by atoms with Crippen molar-refractivity contribution in [1.29, 1.82) is 0 Å². The van der Waals surface area contributed by atoms with Crippen LogP contribution in [0.1, 0.15) is 28.4 Å². The molecule has 0 aromatic heterocycles. The van der Waals surface area contributed by atoms with E-state index in [-0.39, 0.29) is 48.1 Å². The first-order valence-electron chi connectivity index (χ1n) is 8.52. The number of nitrogens with two attached hydrogens (primary N) is 1. The maximum atomic E-state index is 12.1. The molecule has 0 saturated carbocycles. The molecule has 6 nitrogen and oxygen atoms in total. The van der Waals surface area contributed by atoms with Crippen LogP contribution in [0.15, 0.2) is 53.5 Å². The number of aliphatic imine (C=N–C) groups is 1. The number of benzene rings is 2. The van der Waals surface area contributed by atoms with Crippen molar-refractivity contribution < 1.29 is 22.7 Å². The molecule has 0 bridgehead atoms. The number of rotatable bonds is 7. The highest BCUT2D eigenvalue weighted by Crippen LogP contribution is 2.22. The minimum atomic E-state index is -4.72. The number of nitrogens with one attached hydrogen (secondary N) is 2. The smallest absolute Gasteiger partial charge is 0.406 e. The van der Waals surface area contributed by atoms with Crippen LogP contribution in [0, 0.1) is 0 Å². The van der Waals surface area contributed by atoms with E-state index in [1.165, 1.54) is 24.3 Å². The van der Waals surface area contributed by atoms with Crippen molar-refractivity contribution in [3.63, 3.8) is 0 Å². The third kappa shape index (κ3) is 9.03. The van der Waals surface area contributed by atoms with Gasteiger partial charge in [0.25, 0.3) is 5.91 Å². The monoisotopic (exact) mass is 522 g/mol. The fraction of sp³-hybridized carbons (Fsp3) is 0.263. The van der Waals surface area contributed by atoms with Gasteiger partial charge in [0.2, 0.25) is 0 Å². The third-order valence-corrected chi connectivity index (χ3v) is 3.62. The summed E-state index contributed by atoms with van der Waals surface area (Å²) in [4.78, 5) is 15.8. The van der Waals surface area contributed by atoms with E-state index in [2.05, 4.69) is 20.4 Å². The number of carbonyl (C=O) groups excluding carboxylic acids is 1. The van der Waals surface area contributed by atoms with Crippen molar-refractivity contribution in [3.8, 4) is 5.75 Å². The molecule has 158 valence electrons. The molecule has 0 unspecified atom stereocenters. The van der Waals surface area contributed by atoms with Crippen LogP contribution in [0.5, 0.6) is 5.75 Å². The maximum Gasteiger partial charge on any atom is 0.573 e. The van der Waals surface area contributed by atoms with E-state index >= 15 is 0 Å². The van der Waals surface area contributed by atoms with Crippen LogP contribution in [0.3, 0.4) is 0 Å². The lowest BCUT2D eigenvalue weighted by atomic mass is 10.1. The zero-order valence-electron chi connectivity index (χ0n) is 15.6. The normalized spacial score (nSPS) is 11.4. The Morgan fingerprint density at radius 1 is 1.03 bits per heavy atom. The van der Waals surface area contributed by atoms with Crippen molar-refractivity contribution in [3.05, 3.63) is 65.2 Å². The Kier molecular flexibility index (Phi) is 9.72. The van der Waals surface area contributed by atoms with Gasteiger partial charge < -0.3 is 21.1 Å². The summed E-state index contributed by atoms with van der Waals surface area (Å²) in [6, 6.07) is 12.5. The SMILES string of the molecule is CCNC(=O)c1ccc(CNC(N)=NCc2ccc(OC(F)(F)F)cc2)cc1.I. The molecule has 0 atom stereocenters. The number of amides is 1. The largest absolute Gasteiger partial charge is 0.573 e. The molecule has 29 heavy (non-hydrogen) atoms. The summed E-state index contributed by atoms with van der Waals surface area (Å²) in [6.07, 6.45) is -4.72. The Balaban J connectivity index is 0.00000420. The van der Waals surface area contributed by atoms with E-state index < -0.39 is 6.36 Å². The second kappa shape index (κ2) is 11.5. The molecule has 0 fully saturated rings. The van der Waals surface area contributed by atoms with Gasteiger partial charge in [0, 0.05) is 18.7 Å². The van der Waals surface area contributed by atoms with Crippen LogP contribution in [-0.4, -0.2) is 24.8 Å². The first-order valence-corrected chi connectivity index (χ1v) is 8.52. The van der Waals surface area contributed by atoms with Gasteiger partial charge in [-0.2, -0.15) is 0 Å². The highest BCUT2D eigenvalue weighted by Gasteiger charge is 2.30. The molecule has 0 spiro atoms. The molecule has 4 N–H and O–H groups in total.